The molecule has 19 heavy (non-hydrogen) atoms. The zero-order valence-corrected chi connectivity index (χ0v) is 11.5. The molecule has 0 radical (unpaired) electrons. The van der Waals surface area contributed by atoms with Crippen LogP contribution in [-0.4, -0.2) is 9.97 Å². The Balaban J connectivity index is 2.12. The lowest BCUT2D eigenvalue weighted by Crippen LogP contribution is -2.09. The molecule has 3 rings (SSSR count). The van der Waals surface area contributed by atoms with Crippen molar-refractivity contribution in [3.8, 4) is 11.4 Å². The first kappa shape index (κ1) is 12.5. The van der Waals surface area contributed by atoms with Crippen molar-refractivity contribution >= 4 is 11.6 Å². The van der Waals surface area contributed by atoms with Gasteiger partial charge in [-0.3, -0.25) is 0 Å². The van der Waals surface area contributed by atoms with E-state index in [0.29, 0.717) is 16.5 Å². The first-order valence-electron chi connectivity index (χ1n) is 6.46. The Morgan fingerprint density at radius 1 is 1.11 bits per heavy atom. The zero-order valence-electron chi connectivity index (χ0n) is 10.7. The molecule has 0 amide bonds. The van der Waals surface area contributed by atoms with Gasteiger partial charge in [0.2, 0.25) is 0 Å². The molecule has 0 aliphatic heterocycles. The number of aromatic nitrogens is 2. The number of benzene rings is 1. The molecule has 98 valence electrons. The molecular formula is C15H14ClFN2. The van der Waals surface area contributed by atoms with E-state index in [4.69, 9.17) is 11.6 Å². The second-order valence-corrected chi connectivity index (χ2v) is 5.35. The van der Waals surface area contributed by atoms with Crippen LogP contribution in [0.2, 0.25) is 5.15 Å². The molecule has 1 aliphatic carbocycles. The first-order chi connectivity index (χ1) is 9.13. The lowest BCUT2D eigenvalue weighted by atomic mass is 9.97. The molecule has 0 bridgehead atoms. The summed E-state index contributed by atoms with van der Waals surface area (Å²) < 4.78 is 13.5. The Morgan fingerprint density at radius 3 is 2.68 bits per heavy atom. The number of hydrogen-bond donors (Lipinski definition) is 0. The minimum Gasteiger partial charge on any atom is -0.233 e. The summed E-state index contributed by atoms with van der Waals surface area (Å²) in [6, 6.07) is 4.82. The second-order valence-electron chi connectivity index (χ2n) is 4.99. The molecule has 4 heteroatoms. The van der Waals surface area contributed by atoms with Crippen molar-refractivity contribution in [3.05, 3.63) is 46.0 Å². The Morgan fingerprint density at radius 2 is 1.89 bits per heavy atom. The molecule has 0 atom stereocenters. The van der Waals surface area contributed by atoms with Crippen LogP contribution in [0.5, 0.6) is 0 Å². The van der Waals surface area contributed by atoms with E-state index in [2.05, 4.69) is 9.97 Å². The smallest absolute Gasteiger partial charge is 0.161 e. The predicted molar refractivity (Wildman–Crippen MR) is 73.8 cm³/mol. The van der Waals surface area contributed by atoms with Crippen molar-refractivity contribution in [2.45, 2.75) is 32.6 Å². The fourth-order valence-corrected chi connectivity index (χ4v) is 2.83. The average molecular weight is 277 g/mol. The number of aryl methyl sites for hydroxylation is 2. The molecule has 1 aliphatic rings. The van der Waals surface area contributed by atoms with E-state index >= 15 is 0 Å². The number of hydrogen-bond acceptors (Lipinski definition) is 2. The molecule has 0 unspecified atom stereocenters. The molecule has 0 spiro atoms. The molecule has 0 fully saturated rings. The van der Waals surface area contributed by atoms with Gasteiger partial charge in [0.05, 0.1) is 0 Å². The molecule has 2 nitrogen and oxygen atoms in total. The normalized spacial score (nSPS) is 14.3. The SMILES string of the molecule is Cc1cc(F)cc(-c2nc(Cl)c3c(n2)CCCC3)c1. The van der Waals surface area contributed by atoms with Gasteiger partial charge in [0.25, 0.3) is 0 Å². The Labute approximate surface area is 116 Å². The van der Waals surface area contributed by atoms with E-state index in [9.17, 15) is 4.39 Å². The summed E-state index contributed by atoms with van der Waals surface area (Å²) in [5.74, 6) is 0.251. The van der Waals surface area contributed by atoms with E-state index in [-0.39, 0.29) is 5.82 Å². The summed E-state index contributed by atoms with van der Waals surface area (Å²) in [7, 11) is 0. The summed E-state index contributed by atoms with van der Waals surface area (Å²) in [6.07, 6.45) is 4.13. The minimum absolute atomic E-state index is 0.271. The number of halogens is 2. The first-order valence-corrected chi connectivity index (χ1v) is 6.84. The topological polar surface area (TPSA) is 25.8 Å². The maximum atomic E-state index is 13.5. The van der Waals surface area contributed by atoms with Crippen molar-refractivity contribution in [3.63, 3.8) is 0 Å². The van der Waals surface area contributed by atoms with Crippen molar-refractivity contribution < 1.29 is 4.39 Å². The van der Waals surface area contributed by atoms with E-state index < -0.39 is 0 Å². The van der Waals surface area contributed by atoms with Gasteiger partial charge in [-0.05, 0) is 56.4 Å². The van der Waals surface area contributed by atoms with Gasteiger partial charge >= 0.3 is 0 Å². The maximum Gasteiger partial charge on any atom is 0.161 e. The van der Waals surface area contributed by atoms with Crippen LogP contribution >= 0.6 is 11.6 Å². The monoisotopic (exact) mass is 276 g/mol. The predicted octanol–water partition coefficient (Wildman–Crippen LogP) is 4.12. The molecule has 1 heterocycles. The van der Waals surface area contributed by atoms with Crippen LogP contribution in [0.1, 0.15) is 29.7 Å². The van der Waals surface area contributed by atoms with Gasteiger partial charge in [-0.2, -0.15) is 0 Å². The van der Waals surface area contributed by atoms with E-state index in [1.165, 1.54) is 12.1 Å². The van der Waals surface area contributed by atoms with Gasteiger partial charge in [0.15, 0.2) is 5.82 Å². The summed E-state index contributed by atoms with van der Waals surface area (Å²) >= 11 is 6.23. The van der Waals surface area contributed by atoms with E-state index in [1.54, 1.807) is 0 Å². The number of fused-ring (bicyclic) bond motifs is 1. The van der Waals surface area contributed by atoms with Crippen LogP contribution in [0.4, 0.5) is 4.39 Å². The third-order valence-electron chi connectivity index (χ3n) is 3.43. The van der Waals surface area contributed by atoms with Gasteiger partial charge in [-0.25, -0.2) is 14.4 Å². The highest BCUT2D eigenvalue weighted by molar-refractivity contribution is 6.30. The minimum atomic E-state index is -0.271. The van der Waals surface area contributed by atoms with Crippen molar-refractivity contribution in [1.29, 1.82) is 0 Å². The van der Waals surface area contributed by atoms with Gasteiger partial charge in [0.1, 0.15) is 11.0 Å². The summed E-state index contributed by atoms with van der Waals surface area (Å²) in [5.41, 5.74) is 3.62. The summed E-state index contributed by atoms with van der Waals surface area (Å²) in [4.78, 5) is 8.89. The lowest BCUT2D eigenvalue weighted by molar-refractivity contribution is 0.626. The quantitative estimate of drug-likeness (QED) is 0.732. The number of rotatable bonds is 1. The fraction of sp³-hybridized carbons (Fsp3) is 0.333. The number of nitrogens with zero attached hydrogens (tertiary/aromatic N) is 2. The van der Waals surface area contributed by atoms with Gasteiger partial charge < -0.3 is 0 Å². The van der Waals surface area contributed by atoms with Crippen LogP contribution in [0.15, 0.2) is 18.2 Å². The van der Waals surface area contributed by atoms with Gasteiger partial charge in [-0.1, -0.05) is 11.6 Å². The zero-order chi connectivity index (χ0) is 13.4. The van der Waals surface area contributed by atoms with Crippen molar-refractivity contribution in [1.82, 2.24) is 9.97 Å². The van der Waals surface area contributed by atoms with Crippen LogP contribution in [0.25, 0.3) is 11.4 Å². The molecule has 0 saturated carbocycles. The molecule has 0 saturated heterocycles. The summed E-state index contributed by atoms with van der Waals surface area (Å²) in [5, 5.41) is 0.515. The molecule has 0 N–H and O–H groups in total. The Hall–Kier alpha value is -1.48. The summed E-state index contributed by atoms with van der Waals surface area (Å²) in [6.45, 7) is 1.85. The Kier molecular flexibility index (Phi) is 3.23. The Bertz CT molecular complexity index is 620. The molecular weight excluding hydrogens is 263 g/mol. The highest BCUT2D eigenvalue weighted by Gasteiger charge is 2.17. The lowest BCUT2D eigenvalue weighted by Gasteiger charge is -2.16. The van der Waals surface area contributed by atoms with Crippen LogP contribution in [0.3, 0.4) is 0 Å². The highest BCUT2D eigenvalue weighted by Crippen LogP contribution is 2.28. The second kappa shape index (κ2) is 4.89. The van der Waals surface area contributed by atoms with Crippen LogP contribution in [0, 0.1) is 12.7 Å². The molecule has 1 aromatic carbocycles. The van der Waals surface area contributed by atoms with Crippen molar-refractivity contribution in [2.24, 2.45) is 0 Å². The third-order valence-corrected chi connectivity index (χ3v) is 3.75. The van der Waals surface area contributed by atoms with Gasteiger partial charge in [-0.15, -0.1) is 0 Å². The molecule has 2 aromatic rings. The molecule has 1 aromatic heterocycles. The van der Waals surface area contributed by atoms with Crippen molar-refractivity contribution in [2.75, 3.05) is 0 Å². The van der Waals surface area contributed by atoms with Crippen LogP contribution in [-0.2, 0) is 12.8 Å². The average Bonchev–Trinajstić information content (AvgIpc) is 2.37. The van der Waals surface area contributed by atoms with Gasteiger partial charge in [0, 0.05) is 16.8 Å². The maximum absolute atomic E-state index is 13.5. The van der Waals surface area contributed by atoms with E-state index in [0.717, 1.165) is 42.5 Å². The third kappa shape index (κ3) is 2.47. The largest absolute Gasteiger partial charge is 0.233 e. The highest BCUT2D eigenvalue weighted by atomic mass is 35.5. The van der Waals surface area contributed by atoms with E-state index in [1.807, 2.05) is 13.0 Å². The fourth-order valence-electron chi connectivity index (χ4n) is 2.54. The van der Waals surface area contributed by atoms with Crippen LogP contribution < -0.4 is 0 Å². The standard InChI is InChI=1S/C15H14ClFN2/c1-9-6-10(8-11(17)7-9)15-18-13-5-3-2-4-12(13)14(16)19-15/h6-8H,2-5H2,1H3.